The molecule has 0 bridgehead atoms. The largest absolute Gasteiger partial charge is 0.480 e. The number of carbonyl (C=O) groups is 2. The summed E-state index contributed by atoms with van der Waals surface area (Å²) >= 11 is 0. The highest BCUT2D eigenvalue weighted by molar-refractivity contribution is 5.80. The van der Waals surface area contributed by atoms with Gasteiger partial charge >= 0.3 is 12.1 Å². The minimum Gasteiger partial charge on any atom is -0.480 e. The molecule has 1 amide bonds. The van der Waals surface area contributed by atoms with Crippen molar-refractivity contribution in [1.29, 1.82) is 0 Å². The first-order valence-electron chi connectivity index (χ1n) is 6.93. The molecule has 1 rings (SSSR count). The van der Waals surface area contributed by atoms with E-state index in [-0.39, 0.29) is 5.56 Å². The molecule has 0 radical (unpaired) electrons. The van der Waals surface area contributed by atoms with E-state index in [1.165, 1.54) is 0 Å². The molecular formula is C15H18F3NO5. The van der Waals surface area contributed by atoms with Crippen molar-refractivity contribution in [1.82, 2.24) is 5.32 Å². The Balaban J connectivity index is 2.60. The summed E-state index contributed by atoms with van der Waals surface area (Å²) in [6.45, 7) is 3.79. The van der Waals surface area contributed by atoms with E-state index in [0.29, 0.717) is 12.1 Å². The molecule has 0 aliphatic heterocycles. The second-order valence-corrected chi connectivity index (χ2v) is 5.91. The van der Waals surface area contributed by atoms with Gasteiger partial charge in [0.15, 0.2) is 17.7 Å². The number of amides is 1. The van der Waals surface area contributed by atoms with Gasteiger partial charge < -0.3 is 19.9 Å². The number of aliphatic carboxylic acids is 1. The van der Waals surface area contributed by atoms with Crippen LogP contribution in [0, 0.1) is 17.5 Å². The van der Waals surface area contributed by atoms with Gasteiger partial charge in [0.05, 0.1) is 13.2 Å². The summed E-state index contributed by atoms with van der Waals surface area (Å²) in [5, 5.41) is 11.1. The summed E-state index contributed by atoms with van der Waals surface area (Å²) in [5.74, 6) is -5.02. The molecule has 9 heteroatoms. The second kappa shape index (κ2) is 8.00. The smallest absolute Gasteiger partial charge is 0.408 e. The molecule has 0 aliphatic carbocycles. The zero-order chi connectivity index (χ0) is 18.5. The average Bonchev–Trinajstić information content (AvgIpc) is 2.41. The molecule has 0 aromatic heterocycles. The molecule has 24 heavy (non-hydrogen) atoms. The molecule has 134 valence electrons. The second-order valence-electron chi connectivity index (χ2n) is 5.91. The molecule has 0 aliphatic rings. The van der Waals surface area contributed by atoms with Crippen LogP contribution in [-0.4, -0.2) is 35.4 Å². The predicted octanol–water partition coefficient (Wildman–Crippen LogP) is 2.60. The molecule has 0 spiro atoms. The fourth-order valence-electron chi connectivity index (χ4n) is 1.59. The summed E-state index contributed by atoms with van der Waals surface area (Å²) in [5.41, 5.74) is -1.10. The maximum Gasteiger partial charge on any atom is 0.408 e. The molecule has 2 N–H and O–H groups in total. The lowest BCUT2D eigenvalue weighted by atomic mass is 10.2. The van der Waals surface area contributed by atoms with Crippen molar-refractivity contribution in [2.45, 2.75) is 39.0 Å². The summed E-state index contributed by atoms with van der Waals surface area (Å²) in [6.07, 6.45) is -0.961. The van der Waals surface area contributed by atoms with Crippen LogP contribution in [0.3, 0.4) is 0 Å². The Kier molecular flexibility index (Phi) is 6.59. The number of hydrogen-bond acceptors (Lipinski definition) is 4. The average molecular weight is 349 g/mol. The first kappa shape index (κ1) is 19.8. The Hall–Kier alpha value is -2.29. The SMILES string of the molecule is CC(C)(C)OC(=O)NC(COCc1cc(F)c(F)cc1F)C(=O)O. The number of benzene rings is 1. The number of alkyl carbamates (subject to hydrolysis) is 1. The third-order valence-electron chi connectivity index (χ3n) is 2.62. The van der Waals surface area contributed by atoms with Crippen molar-refractivity contribution in [3.05, 3.63) is 35.1 Å². The van der Waals surface area contributed by atoms with E-state index >= 15 is 0 Å². The number of carbonyl (C=O) groups excluding carboxylic acids is 1. The Morgan fingerprint density at radius 3 is 2.29 bits per heavy atom. The lowest BCUT2D eigenvalue weighted by Gasteiger charge is -2.22. The highest BCUT2D eigenvalue weighted by atomic mass is 19.2. The topological polar surface area (TPSA) is 84.9 Å². The molecular weight excluding hydrogens is 331 g/mol. The van der Waals surface area contributed by atoms with E-state index in [4.69, 9.17) is 14.6 Å². The van der Waals surface area contributed by atoms with Crippen LogP contribution in [-0.2, 0) is 20.9 Å². The lowest BCUT2D eigenvalue weighted by molar-refractivity contribution is -0.141. The fourth-order valence-corrected chi connectivity index (χ4v) is 1.59. The zero-order valence-electron chi connectivity index (χ0n) is 13.4. The van der Waals surface area contributed by atoms with E-state index in [0.717, 1.165) is 0 Å². The Morgan fingerprint density at radius 1 is 1.17 bits per heavy atom. The highest BCUT2D eigenvalue weighted by Gasteiger charge is 2.24. The maximum absolute atomic E-state index is 13.4. The molecule has 0 saturated heterocycles. The minimum atomic E-state index is -1.45. The summed E-state index contributed by atoms with van der Waals surface area (Å²) in [7, 11) is 0. The summed E-state index contributed by atoms with van der Waals surface area (Å²) in [4.78, 5) is 22.6. The molecule has 1 unspecified atom stereocenters. The van der Waals surface area contributed by atoms with Crippen LogP contribution in [0.5, 0.6) is 0 Å². The van der Waals surface area contributed by atoms with E-state index < -0.39 is 54.4 Å². The Bertz CT molecular complexity index is 616. The van der Waals surface area contributed by atoms with Crippen LogP contribution < -0.4 is 5.32 Å². The van der Waals surface area contributed by atoms with E-state index in [1.54, 1.807) is 20.8 Å². The molecule has 6 nitrogen and oxygen atoms in total. The Labute approximate surface area is 136 Å². The van der Waals surface area contributed by atoms with Crippen molar-refractivity contribution in [3.63, 3.8) is 0 Å². The first-order chi connectivity index (χ1) is 11.0. The molecule has 0 fully saturated rings. The van der Waals surface area contributed by atoms with Gasteiger partial charge in [0, 0.05) is 11.6 Å². The third-order valence-corrected chi connectivity index (χ3v) is 2.62. The minimum absolute atomic E-state index is 0.282. The van der Waals surface area contributed by atoms with Gasteiger partial charge in [-0.15, -0.1) is 0 Å². The molecule has 1 aromatic rings. The number of carboxylic acid groups (broad SMARTS) is 1. The van der Waals surface area contributed by atoms with Gasteiger partial charge in [-0.25, -0.2) is 22.8 Å². The van der Waals surface area contributed by atoms with Crippen molar-refractivity contribution >= 4 is 12.1 Å². The highest BCUT2D eigenvalue weighted by Crippen LogP contribution is 2.14. The van der Waals surface area contributed by atoms with Crippen molar-refractivity contribution < 1.29 is 37.3 Å². The van der Waals surface area contributed by atoms with Crippen molar-refractivity contribution in [3.8, 4) is 0 Å². The van der Waals surface area contributed by atoms with Gasteiger partial charge in [0.1, 0.15) is 11.4 Å². The summed E-state index contributed by atoms with van der Waals surface area (Å²) < 4.78 is 49.1. The first-order valence-corrected chi connectivity index (χ1v) is 6.93. The lowest BCUT2D eigenvalue weighted by Crippen LogP contribution is -2.46. The van der Waals surface area contributed by atoms with Crippen LogP contribution >= 0.6 is 0 Å². The van der Waals surface area contributed by atoms with Gasteiger partial charge in [0.25, 0.3) is 0 Å². The van der Waals surface area contributed by atoms with Gasteiger partial charge in [-0.1, -0.05) is 0 Å². The van der Waals surface area contributed by atoms with E-state index in [2.05, 4.69) is 5.32 Å². The molecule has 0 heterocycles. The molecule has 0 saturated carbocycles. The standard InChI is InChI=1S/C15H18F3NO5/c1-15(2,3)24-14(22)19-12(13(20)21)7-23-6-8-4-10(17)11(18)5-9(8)16/h4-5,12H,6-7H2,1-3H3,(H,19,22)(H,20,21). The third kappa shape index (κ3) is 6.45. The number of halogens is 3. The van der Waals surface area contributed by atoms with Crippen LogP contribution in [0.4, 0.5) is 18.0 Å². The van der Waals surface area contributed by atoms with Gasteiger partial charge in [-0.05, 0) is 26.8 Å². The molecule has 1 aromatic carbocycles. The predicted molar refractivity (Wildman–Crippen MR) is 76.8 cm³/mol. The molecule has 1 atom stereocenters. The van der Waals surface area contributed by atoms with Gasteiger partial charge in [-0.2, -0.15) is 0 Å². The van der Waals surface area contributed by atoms with E-state index in [1.807, 2.05) is 0 Å². The number of ether oxygens (including phenoxy) is 2. The zero-order valence-corrected chi connectivity index (χ0v) is 13.4. The fraction of sp³-hybridized carbons (Fsp3) is 0.467. The summed E-state index contributed by atoms with van der Waals surface area (Å²) in [6, 6.07) is -0.475. The van der Waals surface area contributed by atoms with Crippen LogP contribution in [0.2, 0.25) is 0 Å². The van der Waals surface area contributed by atoms with Crippen LogP contribution in [0.25, 0.3) is 0 Å². The number of hydrogen-bond donors (Lipinski definition) is 2. The van der Waals surface area contributed by atoms with Crippen LogP contribution in [0.1, 0.15) is 26.3 Å². The number of nitrogens with one attached hydrogen (secondary N) is 1. The van der Waals surface area contributed by atoms with E-state index in [9.17, 15) is 22.8 Å². The van der Waals surface area contributed by atoms with Gasteiger partial charge in [0.2, 0.25) is 0 Å². The number of carboxylic acids is 1. The van der Waals surface area contributed by atoms with Crippen LogP contribution in [0.15, 0.2) is 12.1 Å². The van der Waals surface area contributed by atoms with Gasteiger partial charge in [-0.3, -0.25) is 0 Å². The van der Waals surface area contributed by atoms with Crippen molar-refractivity contribution in [2.75, 3.05) is 6.61 Å². The monoisotopic (exact) mass is 349 g/mol. The number of rotatable bonds is 6. The van der Waals surface area contributed by atoms with Crippen molar-refractivity contribution in [2.24, 2.45) is 0 Å². The maximum atomic E-state index is 13.4. The normalized spacial score (nSPS) is 12.6. The Morgan fingerprint density at radius 2 is 1.75 bits per heavy atom. The quantitative estimate of drug-likeness (QED) is 0.771.